The molecule has 0 unspecified atom stereocenters. The largest absolute Gasteiger partial charge is 0.384 e. The van der Waals surface area contributed by atoms with Gasteiger partial charge in [-0.1, -0.05) is 6.92 Å². The van der Waals surface area contributed by atoms with Gasteiger partial charge in [-0.25, -0.2) is 13.1 Å². The number of carbonyl (C=O) groups is 1. The highest BCUT2D eigenvalue weighted by Crippen LogP contribution is 2.25. The van der Waals surface area contributed by atoms with Crippen LogP contribution in [0.3, 0.4) is 0 Å². The molecule has 1 aliphatic heterocycles. The molecule has 0 bridgehead atoms. The van der Waals surface area contributed by atoms with Crippen molar-refractivity contribution in [2.75, 3.05) is 25.0 Å². The predicted molar refractivity (Wildman–Crippen MR) is 68.1 cm³/mol. The number of hydrogen-bond acceptors (Lipinski definition) is 5. The molecule has 0 radical (unpaired) electrons. The molecule has 1 aromatic rings. The number of fused-ring (bicyclic) bond motifs is 1. The molecule has 1 amide bonds. The summed E-state index contributed by atoms with van der Waals surface area (Å²) in [6, 6.07) is 4.65. The second-order valence-corrected chi connectivity index (χ2v) is 5.58. The zero-order valence-corrected chi connectivity index (χ0v) is 10.8. The van der Waals surface area contributed by atoms with E-state index in [2.05, 4.69) is 10.6 Å². The maximum absolute atomic E-state index is 11.5. The van der Waals surface area contributed by atoms with E-state index in [4.69, 9.17) is 0 Å². The van der Waals surface area contributed by atoms with Crippen LogP contribution in [0.25, 0.3) is 0 Å². The molecule has 6 nitrogen and oxygen atoms in total. The quantitative estimate of drug-likeness (QED) is 0.662. The summed E-state index contributed by atoms with van der Waals surface area (Å²) < 4.78 is 25.0. The van der Waals surface area contributed by atoms with Crippen LogP contribution in [0.2, 0.25) is 0 Å². The summed E-state index contributed by atoms with van der Waals surface area (Å²) in [4.78, 5) is 11.5. The minimum Gasteiger partial charge on any atom is -0.384 e. The third kappa shape index (κ3) is 2.46. The number of hydrogen-bond donors (Lipinski definition) is 3. The van der Waals surface area contributed by atoms with Crippen LogP contribution in [0, 0.1) is 0 Å². The molecule has 3 N–H and O–H groups in total. The Kier molecular flexibility index (Phi) is 3.53. The van der Waals surface area contributed by atoms with Gasteiger partial charge in [0, 0.05) is 18.8 Å². The summed E-state index contributed by atoms with van der Waals surface area (Å²) in [6.45, 7) is 4.43. The van der Waals surface area contributed by atoms with E-state index < -0.39 is 15.9 Å². The highest BCUT2D eigenvalue weighted by atomic mass is 32.2. The smallest absolute Gasteiger partial charge is 0.266 e. The number of rotatable bonds is 5. The van der Waals surface area contributed by atoms with E-state index in [1.807, 2.05) is 11.6 Å². The molecule has 0 aromatic heterocycles. The third-order valence-electron chi connectivity index (χ3n) is 2.62. The van der Waals surface area contributed by atoms with Crippen LogP contribution in [0.1, 0.15) is 17.3 Å². The predicted octanol–water partition coefficient (Wildman–Crippen LogP) is 0.140. The number of nitrogens with one attached hydrogen (secondary N) is 3. The Bertz CT molecular complexity index is 569. The Balaban J connectivity index is 2.14. The van der Waals surface area contributed by atoms with E-state index in [0.29, 0.717) is 6.54 Å². The molecule has 0 fully saturated rings. The summed E-state index contributed by atoms with van der Waals surface area (Å²) in [5, 5.41) is 6.27. The molecular formula is C11H15N3O3S. The van der Waals surface area contributed by atoms with Crippen LogP contribution in [-0.2, 0) is 10.0 Å². The van der Waals surface area contributed by atoms with Crippen molar-refractivity contribution in [1.29, 1.82) is 0 Å². The number of benzene rings is 1. The highest BCUT2D eigenvalue weighted by molar-refractivity contribution is 7.90. The molecular weight excluding hydrogens is 254 g/mol. The minimum atomic E-state index is -3.64. The van der Waals surface area contributed by atoms with Gasteiger partial charge in [0.15, 0.2) is 0 Å². The third-order valence-corrected chi connectivity index (χ3v) is 4.01. The fourth-order valence-corrected chi connectivity index (χ4v) is 2.91. The van der Waals surface area contributed by atoms with Gasteiger partial charge in [0.05, 0.1) is 5.56 Å². The first-order valence-corrected chi connectivity index (χ1v) is 7.18. The Morgan fingerprint density at radius 2 is 2.06 bits per heavy atom. The Hall–Kier alpha value is -1.60. The van der Waals surface area contributed by atoms with Crippen LogP contribution in [-0.4, -0.2) is 34.0 Å². The van der Waals surface area contributed by atoms with Crippen LogP contribution in [0.15, 0.2) is 23.1 Å². The number of carbonyl (C=O) groups excluding carboxylic acids is 1. The van der Waals surface area contributed by atoms with Gasteiger partial charge < -0.3 is 10.6 Å². The normalized spacial score (nSPS) is 16.2. The number of amides is 1. The zero-order chi connectivity index (χ0) is 13.2. The SMILES string of the molecule is CCNCCNc1ccc2c(c1)C(=O)NS2(=O)=O. The Morgan fingerprint density at radius 3 is 2.78 bits per heavy atom. The number of anilines is 1. The molecule has 18 heavy (non-hydrogen) atoms. The van der Waals surface area contributed by atoms with Crippen molar-refractivity contribution >= 4 is 21.6 Å². The summed E-state index contributed by atoms with van der Waals surface area (Å²) in [5.74, 6) is -0.569. The summed E-state index contributed by atoms with van der Waals surface area (Å²) >= 11 is 0. The van der Waals surface area contributed by atoms with Gasteiger partial charge in [-0.05, 0) is 24.7 Å². The molecule has 0 saturated heterocycles. The first kappa shape index (κ1) is 12.8. The topological polar surface area (TPSA) is 87.3 Å². The lowest BCUT2D eigenvalue weighted by Crippen LogP contribution is -2.21. The molecule has 2 rings (SSSR count). The van der Waals surface area contributed by atoms with Crippen molar-refractivity contribution in [1.82, 2.24) is 10.0 Å². The van der Waals surface area contributed by atoms with Gasteiger partial charge in [0.25, 0.3) is 15.9 Å². The van der Waals surface area contributed by atoms with Crippen molar-refractivity contribution in [3.63, 3.8) is 0 Å². The van der Waals surface area contributed by atoms with E-state index in [0.717, 1.165) is 18.8 Å². The molecule has 7 heteroatoms. The highest BCUT2D eigenvalue weighted by Gasteiger charge is 2.32. The summed E-state index contributed by atoms with van der Waals surface area (Å²) in [6.07, 6.45) is 0. The first-order chi connectivity index (χ1) is 8.54. The van der Waals surface area contributed by atoms with E-state index >= 15 is 0 Å². The molecule has 1 heterocycles. The van der Waals surface area contributed by atoms with Gasteiger partial charge in [0.1, 0.15) is 4.90 Å². The maximum atomic E-state index is 11.5. The average Bonchev–Trinajstić information content (AvgIpc) is 2.55. The van der Waals surface area contributed by atoms with E-state index in [1.165, 1.54) is 6.07 Å². The van der Waals surface area contributed by atoms with Gasteiger partial charge in [-0.3, -0.25) is 4.79 Å². The summed E-state index contributed by atoms with van der Waals surface area (Å²) in [5.41, 5.74) is 0.933. The maximum Gasteiger partial charge on any atom is 0.266 e. The van der Waals surface area contributed by atoms with Crippen LogP contribution in [0.5, 0.6) is 0 Å². The molecule has 1 aromatic carbocycles. The van der Waals surface area contributed by atoms with Crippen LogP contribution < -0.4 is 15.4 Å². The molecule has 0 saturated carbocycles. The van der Waals surface area contributed by atoms with Crippen molar-refractivity contribution in [2.24, 2.45) is 0 Å². The van der Waals surface area contributed by atoms with Gasteiger partial charge >= 0.3 is 0 Å². The van der Waals surface area contributed by atoms with Gasteiger partial charge in [-0.2, -0.15) is 0 Å². The van der Waals surface area contributed by atoms with Crippen molar-refractivity contribution in [3.05, 3.63) is 23.8 Å². The minimum absolute atomic E-state index is 0.0460. The fraction of sp³-hybridized carbons (Fsp3) is 0.364. The molecule has 0 atom stereocenters. The second kappa shape index (κ2) is 4.95. The van der Waals surface area contributed by atoms with Crippen LogP contribution >= 0.6 is 0 Å². The first-order valence-electron chi connectivity index (χ1n) is 5.70. The van der Waals surface area contributed by atoms with E-state index in [-0.39, 0.29) is 10.5 Å². The lowest BCUT2D eigenvalue weighted by atomic mass is 10.2. The second-order valence-electron chi connectivity index (χ2n) is 3.93. The van der Waals surface area contributed by atoms with Crippen LogP contribution in [0.4, 0.5) is 5.69 Å². The Labute approximate surface area is 106 Å². The number of sulfonamides is 1. The molecule has 0 spiro atoms. The summed E-state index contributed by atoms with van der Waals surface area (Å²) in [7, 11) is -3.64. The average molecular weight is 269 g/mol. The standard InChI is InChI=1S/C11H15N3O3S/c1-2-12-5-6-13-8-3-4-10-9(7-8)11(15)14-18(10,16)17/h3-4,7,12-13H,2,5-6H2,1H3,(H,14,15). The molecule has 1 aliphatic rings. The molecule has 0 aliphatic carbocycles. The van der Waals surface area contributed by atoms with Gasteiger partial charge in [-0.15, -0.1) is 0 Å². The lowest BCUT2D eigenvalue weighted by molar-refractivity contribution is 0.0985. The van der Waals surface area contributed by atoms with Gasteiger partial charge in [0.2, 0.25) is 0 Å². The Morgan fingerprint density at radius 1 is 1.28 bits per heavy atom. The van der Waals surface area contributed by atoms with Crippen molar-refractivity contribution < 1.29 is 13.2 Å². The van der Waals surface area contributed by atoms with Crippen molar-refractivity contribution in [3.8, 4) is 0 Å². The van der Waals surface area contributed by atoms with E-state index in [9.17, 15) is 13.2 Å². The van der Waals surface area contributed by atoms with E-state index in [1.54, 1.807) is 12.1 Å². The van der Waals surface area contributed by atoms with Crippen molar-refractivity contribution in [2.45, 2.75) is 11.8 Å². The zero-order valence-electron chi connectivity index (χ0n) is 9.99. The lowest BCUT2D eigenvalue weighted by Gasteiger charge is -2.07. The monoisotopic (exact) mass is 269 g/mol. The number of likely N-dealkylation sites (N-methyl/N-ethyl adjacent to an activating group) is 1. The molecule has 98 valence electrons. The fourth-order valence-electron chi connectivity index (χ4n) is 1.76.